The van der Waals surface area contributed by atoms with Gasteiger partial charge in [0.25, 0.3) is 0 Å². The molecule has 3 unspecified atom stereocenters. The van der Waals surface area contributed by atoms with E-state index in [1.54, 1.807) is 22.6 Å². The first kappa shape index (κ1) is 31.7. The van der Waals surface area contributed by atoms with Crippen LogP contribution in [0.15, 0.2) is 84.0 Å². The number of aromatic nitrogens is 2. The molecule has 11 heteroatoms. The number of nitrogens with zero attached hydrogens (tertiary/aromatic N) is 4. The van der Waals surface area contributed by atoms with Crippen LogP contribution in [-0.4, -0.2) is 45.2 Å². The van der Waals surface area contributed by atoms with Gasteiger partial charge in [0.05, 0.1) is 11.4 Å². The summed E-state index contributed by atoms with van der Waals surface area (Å²) in [5.74, 6) is 0.824. The monoisotopic (exact) mass is 647 g/mol. The van der Waals surface area contributed by atoms with Crippen LogP contribution in [-0.2, 0) is 0 Å². The number of rotatable bonds is 6. The van der Waals surface area contributed by atoms with Gasteiger partial charge in [0, 0.05) is 41.2 Å². The summed E-state index contributed by atoms with van der Waals surface area (Å²) in [6, 6.07) is 21.8. The maximum absolute atomic E-state index is 13.3. The number of halogens is 3. The summed E-state index contributed by atoms with van der Waals surface area (Å²) in [4.78, 5) is 20.2. The Morgan fingerprint density at radius 2 is 1.70 bits per heavy atom. The van der Waals surface area contributed by atoms with E-state index in [2.05, 4.69) is 76.1 Å². The number of nitrogens with one attached hydrogen (secondary N) is 1. The molecule has 1 N–H and O–H groups in total. The normalized spacial score (nSPS) is 21.0. The number of hydrogen-bond acceptors (Lipinski definition) is 4. The first-order valence-corrected chi connectivity index (χ1v) is 16.4. The molecule has 7 nitrogen and oxygen atoms in total. The molecule has 240 valence electrons. The van der Waals surface area contributed by atoms with Crippen molar-refractivity contribution in [2.24, 2.45) is 4.99 Å². The summed E-state index contributed by atoms with van der Waals surface area (Å²) in [6.07, 6.45) is 0.939. The van der Waals surface area contributed by atoms with E-state index in [0.717, 1.165) is 59.1 Å². The SMILES string of the molecule is Cc1cccc(C)c1N1/C(=N/C(=O)NC2CCCC2c2ccc(-c3ccn(-c4ccc(OC(F)(F)F)cc4)n3)cc2)SCCC1C. The third-order valence-corrected chi connectivity index (χ3v) is 9.66. The van der Waals surface area contributed by atoms with Gasteiger partial charge in [-0.3, -0.25) is 0 Å². The Bertz CT molecular complexity index is 1700. The lowest BCUT2D eigenvalue weighted by atomic mass is 9.93. The van der Waals surface area contributed by atoms with Gasteiger partial charge in [-0.2, -0.15) is 10.1 Å². The van der Waals surface area contributed by atoms with Crippen molar-refractivity contribution in [3.8, 4) is 22.7 Å². The molecule has 1 saturated carbocycles. The molecule has 1 aliphatic carbocycles. The van der Waals surface area contributed by atoms with Crippen LogP contribution >= 0.6 is 11.8 Å². The molecule has 3 atom stereocenters. The van der Waals surface area contributed by atoms with Crippen molar-refractivity contribution in [3.05, 3.63) is 95.7 Å². The Morgan fingerprint density at radius 3 is 2.39 bits per heavy atom. The number of ether oxygens (including phenoxy) is 1. The standard InChI is InChI=1S/C35H36F3N5O2S/c1-22-6-4-7-23(2)32(22)43-24(3)19-21-46-34(43)40-33(44)39-31-9-5-8-29(31)25-10-12-26(13-11-25)30-18-20-42(41-30)27-14-16-28(17-15-27)45-35(36,37)38/h4,6-7,10-18,20,24,29,31H,5,8-9,19,21H2,1-3H3,(H,39,44)/b40-34-. The van der Waals surface area contributed by atoms with E-state index in [9.17, 15) is 18.0 Å². The molecule has 6 rings (SSSR count). The zero-order valence-electron chi connectivity index (χ0n) is 25.9. The fourth-order valence-corrected chi connectivity index (χ4v) is 7.63. The Kier molecular flexibility index (Phi) is 9.13. The highest BCUT2D eigenvalue weighted by Crippen LogP contribution is 2.37. The fourth-order valence-electron chi connectivity index (χ4n) is 6.43. The highest BCUT2D eigenvalue weighted by molar-refractivity contribution is 8.14. The number of anilines is 1. The molecular weight excluding hydrogens is 611 g/mol. The number of benzene rings is 3. The minimum absolute atomic E-state index is 0.00846. The van der Waals surface area contributed by atoms with E-state index >= 15 is 0 Å². The van der Waals surface area contributed by atoms with Crippen LogP contribution in [0.25, 0.3) is 16.9 Å². The Labute approximate surface area is 270 Å². The quantitative estimate of drug-likeness (QED) is 0.227. The number of aliphatic imine (C=N–C) groups is 1. The second-order valence-electron chi connectivity index (χ2n) is 11.9. The Morgan fingerprint density at radius 1 is 0.978 bits per heavy atom. The van der Waals surface area contributed by atoms with Gasteiger partial charge in [-0.05, 0) is 87.1 Å². The summed E-state index contributed by atoms with van der Waals surface area (Å²) in [7, 11) is 0. The maximum atomic E-state index is 13.3. The van der Waals surface area contributed by atoms with Gasteiger partial charge in [-0.1, -0.05) is 60.6 Å². The summed E-state index contributed by atoms with van der Waals surface area (Å²) in [5, 5.41) is 8.58. The number of urea groups is 1. The zero-order chi connectivity index (χ0) is 32.4. The van der Waals surface area contributed by atoms with Crippen molar-refractivity contribution in [1.29, 1.82) is 0 Å². The number of amidine groups is 1. The number of hydrogen-bond donors (Lipinski definition) is 1. The molecule has 3 aromatic carbocycles. The number of alkyl halides is 3. The number of carbonyl (C=O) groups excluding carboxylic acids is 1. The maximum Gasteiger partial charge on any atom is 0.573 e. The van der Waals surface area contributed by atoms with Crippen molar-refractivity contribution < 1.29 is 22.7 Å². The molecule has 0 spiro atoms. The van der Waals surface area contributed by atoms with Gasteiger partial charge in [-0.15, -0.1) is 13.2 Å². The lowest BCUT2D eigenvalue weighted by molar-refractivity contribution is -0.274. The number of aryl methyl sites for hydroxylation is 2. The molecule has 2 amide bonds. The van der Waals surface area contributed by atoms with Gasteiger partial charge in [0.15, 0.2) is 5.17 Å². The molecule has 0 bridgehead atoms. The number of para-hydroxylation sites is 1. The van der Waals surface area contributed by atoms with E-state index in [0.29, 0.717) is 5.69 Å². The lowest BCUT2D eigenvalue weighted by Crippen LogP contribution is -2.43. The second kappa shape index (κ2) is 13.2. The van der Waals surface area contributed by atoms with Gasteiger partial charge >= 0.3 is 12.4 Å². The fraction of sp³-hybridized carbons (Fsp3) is 0.343. The first-order chi connectivity index (χ1) is 22.1. The van der Waals surface area contributed by atoms with E-state index in [-0.39, 0.29) is 29.8 Å². The molecule has 1 saturated heterocycles. The summed E-state index contributed by atoms with van der Waals surface area (Å²) < 4.78 is 43.0. The molecule has 0 radical (unpaired) electrons. The summed E-state index contributed by atoms with van der Waals surface area (Å²) in [5.41, 5.74) is 6.89. The molecule has 4 aromatic rings. The van der Waals surface area contributed by atoms with E-state index < -0.39 is 6.36 Å². The minimum atomic E-state index is -4.74. The van der Waals surface area contributed by atoms with Crippen LogP contribution in [0.5, 0.6) is 5.75 Å². The Balaban J connectivity index is 1.13. The molecule has 2 fully saturated rings. The molecule has 2 aliphatic rings. The van der Waals surface area contributed by atoms with Crippen molar-refractivity contribution >= 4 is 28.6 Å². The van der Waals surface area contributed by atoms with Crippen LogP contribution in [0, 0.1) is 13.8 Å². The van der Waals surface area contributed by atoms with Gasteiger partial charge in [-0.25, -0.2) is 9.48 Å². The summed E-state index contributed by atoms with van der Waals surface area (Å²) >= 11 is 1.63. The molecule has 2 heterocycles. The lowest BCUT2D eigenvalue weighted by Gasteiger charge is -2.37. The largest absolute Gasteiger partial charge is 0.573 e. The molecule has 1 aromatic heterocycles. The van der Waals surface area contributed by atoms with Gasteiger partial charge < -0.3 is 15.0 Å². The van der Waals surface area contributed by atoms with E-state index in [1.165, 1.54) is 35.4 Å². The minimum Gasteiger partial charge on any atom is -0.406 e. The van der Waals surface area contributed by atoms with Crippen molar-refractivity contribution in [2.45, 2.75) is 70.8 Å². The second-order valence-corrected chi connectivity index (χ2v) is 13.0. The molecule has 1 aliphatic heterocycles. The van der Waals surface area contributed by atoms with Crippen molar-refractivity contribution in [3.63, 3.8) is 0 Å². The average Bonchev–Trinajstić information content (AvgIpc) is 3.68. The van der Waals surface area contributed by atoms with Crippen LogP contribution in [0.4, 0.5) is 23.7 Å². The smallest absolute Gasteiger partial charge is 0.406 e. The average molecular weight is 648 g/mol. The predicted molar refractivity (Wildman–Crippen MR) is 177 cm³/mol. The predicted octanol–water partition coefficient (Wildman–Crippen LogP) is 8.79. The topological polar surface area (TPSA) is 71.8 Å². The van der Waals surface area contributed by atoms with Crippen LogP contribution in [0.2, 0.25) is 0 Å². The van der Waals surface area contributed by atoms with Crippen LogP contribution < -0.4 is 15.0 Å². The zero-order valence-corrected chi connectivity index (χ0v) is 26.7. The van der Waals surface area contributed by atoms with E-state index in [1.807, 2.05) is 18.2 Å². The Hall–Kier alpha value is -4.25. The molecular formula is C35H36F3N5O2S. The number of amides is 2. The van der Waals surface area contributed by atoms with Gasteiger partial charge in [0.1, 0.15) is 5.75 Å². The van der Waals surface area contributed by atoms with Crippen LogP contribution in [0.3, 0.4) is 0 Å². The third-order valence-electron chi connectivity index (χ3n) is 8.67. The highest BCUT2D eigenvalue weighted by atomic mass is 32.2. The molecule has 46 heavy (non-hydrogen) atoms. The third kappa shape index (κ3) is 7.09. The summed E-state index contributed by atoms with van der Waals surface area (Å²) in [6.45, 7) is 6.39. The van der Waals surface area contributed by atoms with Crippen molar-refractivity contribution in [2.75, 3.05) is 10.7 Å². The number of carbonyl (C=O) groups is 1. The van der Waals surface area contributed by atoms with Crippen molar-refractivity contribution in [1.82, 2.24) is 15.1 Å². The van der Waals surface area contributed by atoms with Gasteiger partial charge in [0.2, 0.25) is 0 Å². The number of thioether (sulfide) groups is 1. The first-order valence-electron chi connectivity index (χ1n) is 15.5. The van der Waals surface area contributed by atoms with Crippen LogP contribution in [0.1, 0.15) is 55.2 Å². The highest BCUT2D eigenvalue weighted by Gasteiger charge is 2.33. The van der Waals surface area contributed by atoms with E-state index in [4.69, 9.17) is 0 Å².